The fourth-order valence-electron chi connectivity index (χ4n) is 4.38. The Morgan fingerprint density at radius 3 is 2.81 bits per heavy atom. The van der Waals surface area contributed by atoms with Crippen molar-refractivity contribution in [3.05, 3.63) is 60.9 Å². The number of benzene rings is 1. The third-order valence-electron chi connectivity index (χ3n) is 5.91. The number of anilines is 4. The summed E-state index contributed by atoms with van der Waals surface area (Å²) in [6, 6.07) is 16.0. The standard InChI is InChI=1S/C24H24N6O2/c1-3-11-25-21(7-1)29-13-15-31-20-16-17(9-10-18(20)29)27-24-23-19(6-5-12-26-23)30(28-24)22-8-2-4-14-32-22/h1,3,5-7,9-12,16,22H,2,4,8,13-15H2,(H,27,28). The average Bonchev–Trinajstić information content (AvgIpc) is 3.23. The molecule has 3 aromatic heterocycles. The predicted octanol–water partition coefficient (Wildman–Crippen LogP) is 4.80. The first-order chi connectivity index (χ1) is 15.9. The van der Waals surface area contributed by atoms with E-state index >= 15 is 0 Å². The van der Waals surface area contributed by atoms with E-state index in [0.717, 1.165) is 66.4 Å². The van der Waals surface area contributed by atoms with Gasteiger partial charge in [-0.2, -0.15) is 0 Å². The Morgan fingerprint density at radius 1 is 0.969 bits per heavy atom. The number of nitrogens with zero attached hydrogens (tertiary/aromatic N) is 5. The molecule has 1 atom stereocenters. The van der Waals surface area contributed by atoms with Crippen molar-refractivity contribution in [1.29, 1.82) is 0 Å². The van der Waals surface area contributed by atoms with E-state index in [1.165, 1.54) is 0 Å². The molecule has 1 aromatic carbocycles. The lowest BCUT2D eigenvalue weighted by molar-refractivity contribution is -0.0365. The highest BCUT2D eigenvalue weighted by Gasteiger charge is 2.23. The summed E-state index contributed by atoms with van der Waals surface area (Å²) in [6.07, 6.45) is 6.76. The van der Waals surface area contributed by atoms with Crippen molar-refractivity contribution in [1.82, 2.24) is 19.7 Å². The molecule has 2 aliphatic rings. The molecule has 32 heavy (non-hydrogen) atoms. The second-order valence-corrected chi connectivity index (χ2v) is 7.98. The highest BCUT2D eigenvalue weighted by Crippen LogP contribution is 2.39. The van der Waals surface area contributed by atoms with Crippen molar-refractivity contribution in [3.8, 4) is 5.75 Å². The summed E-state index contributed by atoms with van der Waals surface area (Å²) in [5, 5.41) is 8.29. The van der Waals surface area contributed by atoms with Crippen LogP contribution in [0.3, 0.4) is 0 Å². The summed E-state index contributed by atoms with van der Waals surface area (Å²) in [7, 11) is 0. The van der Waals surface area contributed by atoms with Crippen LogP contribution in [0, 0.1) is 0 Å². The van der Waals surface area contributed by atoms with Crippen LogP contribution in [0.5, 0.6) is 5.75 Å². The normalized spacial score (nSPS) is 18.2. The zero-order chi connectivity index (χ0) is 21.3. The summed E-state index contributed by atoms with van der Waals surface area (Å²) >= 11 is 0. The number of fused-ring (bicyclic) bond motifs is 2. The van der Waals surface area contributed by atoms with Crippen LogP contribution in [0.2, 0.25) is 0 Å². The van der Waals surface area contributed by atoms with Crippen LogP contribution in [-0.2, 0) is 4.74 Å². The molecule has 0 aliphatic carbocycles. The maximum atomic E-state index is 5.98. The summed E-state index contributed by atoms with van der Waals surface area (Å²) in [6.45, 7) is 2.13. The van der Waals surface area contributed by atoms with Crippen molar-refractivity contribution in [3.63, 3.8) is 0 Å². The van der Waals surface area contributed by atoms with Gasteiger partial charge in [-0.15, -0.1) is 5.10 Å². The molecule has 4 aromatic rings. The highest BCUT2D eigenvalue weighted by atomic mass is 16.5. The molecule has 6 rings (SSSR count). The Labute approximate surface area is 185 Å². The Kier molecular flexibility index (Phi) is 4.84. The van der Waals surface area contributed by atoms with Crippen LogP contribution >= 0.6 is 0 Å². The van der Waals surface area contributed by atoms with Crippen molar-refractivity contribution in [2.45, 2.75) is 25.5 Å². The first-order valence-electron chi connectivity index (χ1n) is 11.0. The van der Waals surface area contributed by atoms with Gasteiger partial charge in [-0.3, -0.25) is 4.98 Å². The quantitative estimate of drug-likeness (QED) is 0.500. The first kappa shape index (κ1) is 19.1. The molecule has 1 saturated heterocycles. The van der Waals surface area contributed by atoms with Gasteiger partial charge in [0.15, 0.2) is 12.0 Å². The fourth-order valence-corrected chi connectivity index (χ4v) is 4.38. The maximum Gasteiger partial charge on any atom is 0.179 e. The second-order valence-electron chi connectivity index (χ2n) is 7.98. The van der Waals surface area contributed by atoms with Crippen LogP contribution in [-0.4, -0.2) is 39.5 Å². The van der Waals surface area contributed by atoms with E-state index in [2.05, 4.69) is 26.3 Å². The minimum Gasteiger partial charge on any atom is -0.489 e. The molecule has 162 valence electrons. The van der Waals surface area contributed by atoms with Gasteiger partial charge in [0.05, 0.1) is 17.7 Å². The summed E-state index contributed by atoms with van der Waals surface area (Å²) in [5.41, 5.74) is 3.70. The minimum absolute atomic E-state index is 0.0511. The third kappa shape index (κ3) is 3.42. The van der Waals surface area contributed by atoms with Crippen molar-refractivity contribution in [2.24, 2.45) is 0 Å². The molecule has 8 nitrogen and oxygen atoms in total. The van der Waals surface area contributed by atoms with Gasteiger partial charge in [-0.1, -0.05) is 6.07 Å². The maximum absolute atomic E-state index is 5.98. The average molecular weight is 428 g/mol. The Bertz CT molecular complexity index is 1240. The summed E-state index contributed by atoms with van der Waals surface area (Å²) in [5.74, 6) is 2.45. The molecule has 5 heterocycles. The first-order valence-corrected chi connectivity index (χ1v) is 11.0. The van der Waals surface area contributed by atoms with Crippen LogP contribution in [0.15, 0.2) is 60.9 Å². The number of hydrogen-bond acceptors (Lipinski definition) is 7. The van der Waals surface area contributed by atoms with E-state index in [9.17, 15) is 0 Å². The van der Waals surface area contributed by atoms with Crippen molar-refractivity contribution < 1.29 is 9.47 Å². The van der Waals surface area contributed by atoms with E-state index in [4.69, 9.17) is 14.6 Å². The van der Waals surface area contributed by atoms with Gasteiger partial charge in [0.25, 0.3) is 0 Å². The van der Waals surface area contributed by atoms with E-state index in [0.29, 0.717) is 12.4 Å². The molecular weight excluding hydrogens is 404 g/mol. The van der Waals surface area contributed by atoms with Crippen LogP contribution < -0.4 is 15.0 Å². The van der Waals surface area contributed by atoms with Crippen LogP contribution in [0.25, 0.3) is 11.0 Å². The third-order valence-corrected chi connectivity index (χ3v) is 5.91. The predicted molar refractivity (Wildman–Crippen MR) is 123 cm³/mol. The lowest BCUT2D eigenvalue weighted by Gasteiger charge is -2.30. The van der Waals surface area contributed by atoms with Crippen molar-refractivity contribution >= 4 is 34.0 Å². The topological polar surface area (TPSA) is 77.3 Å². The zero-order valence-corrected chi connectivity index (χ0v) is 17.6. The SMILES string of the molecule is c1ccc(N2CCOc3cc(Nc4nn(C5CCCCO5)c5cccnc45)ccc32)nc1. The van der Waals surface area contributed by atoms with Gasteiger partial charge in [-0.05, 0) is 55.7 Å². The molecule has 0 spiro atoms. The Balaban J connectivity index is 1.33. The zero-order valence-electron chi connectivity index (χ0n) is 17.6. The van der Waals surface area contributed by atoms with Gasteiger partial charge in [0, 0.05) is 30.8 Å². The number of hydrogen-bond donors (Lipinski definition) is 1. The molecule has 1 N–H and O–H groups in total. The van der Waals surface area contributed by atoms with Crippen molar-refractivity contribution in [2.75, 3.05) is 30.0 Å². The van der Waals surface area contributed by atoms with E-state index in [1.807, 2.05) is 53.3 Å². The monoisotopic (exact) mass is 428 g/mol. The van der Waals surface area contributed by atoms with Gasteiger partial charge in [0.2, 0.25) is 0 Å². The van der Waals surface area contributed by atoms with Gasteiger partial charge in [-0.25, -0.2) is 9.67 Å². The largest absolute Gasteiger partial charge is 0.489 e. The molecule has 8 heteroatoms. The van der Waals surface area contributed by atoms with E-state index in [1.54, 1.807) is 6.20 Å². The molecule has 0 saturated carbocycles. The molecule has 1 fully saturated rings. The lowest BCUT2D eigenvalue weighted by Crippen LogP contribution is -2.29. The second kappa shape index (κ2) is 8.12. The number of nitrogens with one attached hydrogen (secondary N) is 1. The minimum atomic E-state index is -0.0511. The molecule has 0 radical (unpaired) electrons. The molecule has 0 bridgehead atoms. The lowest BCUT2D eigenvalue weighted by atomic mass is 10.2. The fraction of sp³-hybridized carbons (Fsp3) is 0.292. The number of pyridine rings is 2. The molecule has 0 amide bonds. The Hall–Kier alpha value is -3.65. The Morgan fingerprint density at radius 2 is 1.94 bits per heavy atom. The summed E-state index contributed by atoms with van der Waals surface area (Å²) < 4.78 is 13.9. The smallest absolute Gasteiger partial charge is 0.179 e. The van der Waals surface area contributed by atoms with Gasteiger partial charge in [0.1, 0.15) is 23.7 Å². The van der Waals surface area contributed by atoms with Crippen LogP contribution in [0.1, 0.15) is 25.5 Å². The number of rotatable bonds is 4. The number of ether oxygens (including phenoxy) is 2. The molecule has 1 unspecified atom stereocenters. The van der Waals surface area contributed by atoms with E-state index in [-0.39, 0.29) is 6.23 Å². The van der Waals surface area contributed by atoms with E-state index < -0.39 is 0 Å². The molecule has 2 aliphatic heterocycles. The summed E-state index contributed by atoms with van der Waals surface area (Å²) in [4.78, 5) is 11.3. The molecular formula is C24H24N6O2. The highest BCUT2D eigenvalue weighted by molar-refractivity contribution is 5.88. The number of aromatic nitrogens is 4. The van der Waals surface area contributed by atoms with Crippen LogP contribution in [0.4, 0.5) is 23.0 Å². The van der Waals surface area contributed by atoms with Gasteiger partial charge < -0.3 is 19.7 Å². The van der Waals surface area contributed by atoms with Gasteiger partial charge >= 0.3 is 0 Å².